The molecule has 0 aromatic rings. The smallest absolute Gasteiger partial charge is 0.222 e. The zero-order valence-corrected chi connectivity index (χ0v) is 14.0. The number of sulfonamides is 1. The molecule has 0 aromatic heterocycles. The number of carbonyl (C=O) groups is 1. The van der Waals surface area contributed by atoms with Gasteiger partial charge in [0.25, 0.3) is 0 Å². The highest BCUT2D eigenvalue weighted by atomic mass is 32.2. The van der Waals surface area contributed by atoms with Crippen LogP contribution in [0.4, 0.5) is 0 Å². The summed E-state index contributed by atoms with van der Waals surface area (Å²) in [5.74, 6) is 0.0805. The van der Waals surface area contributed by atoms with Gasteiger partial charge in [-0.1, -0.05) is 45.4 Å². The number of nitrogens with two attached hydrogens (primary N) is 1. The Hall–Kier alpha value is -0.620. The molecule has 0 saturated carbocycles. The van der Waals surface area contributed by atoms with Gasteiger partial charge in [-0.15, -0.1) is 0 Å². The van der Waals surface area contributed by atoms with Gasteiger partial charge in [0.1, 0.15) is 0 Å². The molecule has 0 spiro atoms. The first kappa shape index (κ1) is 18.4. The van der Waals surface area contributed by atoms with Crippen LogP contribution in [0.2, 0.25) is 0 Å². The first-order valence-electron chi connectivity index (χ1n) is 8.24. The van der Waals surface area contributed by atoms with E-state index in [4.69, 9.17) is 5.14 Å². The molecule has 1 aliphatic rings. The topological polar surface area (TPSA) is 80.5 Å². The molecule has 0 aliphatic carbocycles. The molecular formula is C15H30N2O3S. The number of rotatable bonds is 9. The van der Waals surface area contributed by atoms with E-state index >= 15 is 0 Å². The SMILES string of the molecule is CCCCCCCCCC(=O)N1CCCC(S(N)(=O)=O)C1. The highest BCUT2D eigenvalue weighted by Crippen LogP contribution is 2.17. The normalized spacial score (nSPS) is 19.7. The molecule has 0 aromatic carbocycles. The molecule has 5 nitrogen and oxygen atoms in total. The maximum Gasteiger partial charge on any atom is 0.222 e. The first-order valence-corrected chi connectivity index (χ1v) is 9.85. The molecule has 6 heteroatoms. The summed E-state index contributed by atoms with van der Waals surface area (Å²) in [5, 5.41) is 4.61. The highest BCUT2D eigenvalue weighted by Gasteiger charge is 2.29. The van der Waals surface area contributed by atoms with Gasteiger partial charge in [0.05, 0.1) is 5.25 Å². The van der Waals surface area contributed by atoms with Crippen LogP contribution in [0.15, 0.2) is 0 Å². The summed E-state index contributed by atoms with van der Waals surface area (Å²) in [6, 6.07) is 0. The molecule has 0 bridgehead atoms. The maximum atomic E-state index is 12.1. The molecule has 1 unspecified atom stereocenters. The quantitative estimate of drug-likeness (QED) is 0.663. The summed E-state index contributed by atoms with van der Waals surface area (Å²) >= 11 is 0. The average molecular weight is 318 g/mol. The highest BCUT2D eigenvalue weighted by molar-refractivity contribution is 7.89. The third kappa shape index (κ3) is 7.27. The van der Waals surface area contributed by atoms with Gasteiger partial charge < -0.3 is 4.90 Å². The Morgan fingerprint density at radius 2 is 1.76 bits per heavy atom. The van der Waals surface area contributed by atoms with Gasteiger partial charge in [-0.3, -0.25) is 4.79 Å². The lowest BCUT2D eigenvalue weighted by Gasteiger charge is -2.31. The van der Waals surface area contributed by atoms with Crippen LogP contribution < -0.4 is 5.14 Å². The van der Waals surface area contributed by atoms with E-state index < -0.39 is 15.3 Å². The third-order valence-electron chi connectivity index (χ3n) is 4.19. The van der Waals surface area contributed by atoms with Gasteiger partial charge in [-0.05, 0) is 19.3 Å². The Morgan fingerprint density at radius 1 is 1.14 bits per heavy atom. The lowest BCUT2D eigenvalue weighted by Crippen LogP contribution is -2.47. The van der Waals surface area contributed by atoms with E-state index in [1.54, 1.807) is 4.90 Å². The van der Waals surface area contributed by atoms with Gasteiger partial charge >= 0.3 is 0 Å². The predicted octanol–water partition coefficient (Wildman–Crippen LogP) is 2.41. The minimum Gasteiger partial charge on any atom is -0.341 e. The summed E-state index contributed by atoms with van der Waals surface area (Å²) in [6.07, 6.45) is 10.1. The van der Waals surface area contributed by atoms with Gasteiger partial charge in [0, 0.05) is 19.5 Å². The molecule has 21 heavy (non-hydrogen) atoms. The summed E-state index contributed by atoms with van der Waals surface area (Å²) in [5.41, 5.74) is 0. The zero-order chi connectivity index (χ0) is 15.7. The Kier molecular flexibility index (Phi) is 8.26. The van der Waals surface area contributed by atoms with Crippen molar-refractivity contribution in [1.82, 2.24) is 4.90 Å². The Bertz CT molecular complexity index is 409. The number of hydrogen-bond donors (Lipinski definition) is 1. The number of likely N-dealkylation sites (tertiary alicyclic amines) is 1. The predicted molar refractivity (Wildman–Crippen MR) is 85.3 cm³/mol. The maximum absolute atomic E-state index is 12.1. The molecule has 1 heterocycles. The van der Waals surface area contributed by atoms with Crippen LogP contribution in [0.1, 0.15) is 71.1 Å². The van der Waals surface area contributed by atoms with E-state index in [2.05, 4.69) is 6.92 Å². The van der Waals surface area contributed by atoms with Crippen LogP contribution in [0.3, 0.4) is 0 Å². The lowest BCUT2D eigenvalue weighted by atomic mass is 10.1. The molecule has 1 aliphatic heterocycles. The van der Waals surface area contributed by atoms with Crippen LogP contribution >= 0.6 is 0 Å². The molecule has 1 saturated heterocycles. The average Bonchev–Trinajstić information content (AvgIpc) is 2.45. The van der Waals surface area contributed by atoms with E-state index in [0.717, 1.165) is 19.3 Å². The monoisotopic (exact) mass is 318 g/mol. The first-order chi connectivity index (χ1) is 9.95. The molecule has 124 valence electrons. The van der Waals surface area contributed by atoms with E-state index in [0.29, 0.717) is 19.4 Å². The standard InChI is InChI=1S/C15H30N2O3S/c1-2-3-4-5-6-7-8-11-15(18)17-12-9-10-14(13-17)21(16,19)20/h14H,2-13H2,1H3,(H2,16,19,20). The van der Waals surface area contributed by atoms with E-state index in [1.165, 1.54) is 32.1 Å². The van der Waals surface area contributed by atoms with Gasteiger partial charge in [-0.25, -0.2) is 13.6 Å². The van der Waals surface area contributed by atoms with Gasteiger partial charge in [0.15, 0.2) is 0 Å². The fraction of sp³-hybridized carbons (Fsp3) is 0.933. The second kappa shape index (κ2) is 9.41. The number of hydrogen-bond acceptors (Lipinski definition) is 3. The Labute approximate surface area is 129 Å². The van der Waals surface area contributed by atoms with Crippen LogP contribution in [0.25, 0.3) is 0 Å². The molecule has 1 amide bonds. The summed E-state index contributed by atoms with van der Waals surface area (Å²) in [4.78, 5) is 13.8. The van der Waals surface area contributed by atoms with Crippen LogP contribution in [0, 0.1) is 0 Å². The molecule has 0 radical (unpaired) electrons. The van der Waals surface area contributed by atoms with Crippen molar-refractivity contribution in [2.75, 3.05) is 13.1 Å². The van der Waals surface area contributed by atoms with Crippen molar-refractivity contribution in [1.29, 1.82) is 0 Å². The van der Waals surface area contributed by atoms with Crippen molar-refractivity contribution < 1.29 is 13.2 Å². The number of nitrogens with zero attached hydrogens (tertiary/aromatic N) is 1. The minimum absolute atomic E-state index is 0.0805. The fourth-order valence-corrected chi connectivity index (χ4v) is 3.71. The number of primary sulfonamides is 1. The fourth-order valence-electron chi connectivity index (χ4n) is 2.82. The third-order valence-corrected chi connectivity index (χ3v) is 5.50. The van der Waals surface area contributed by atoms with Crippen molar-refractivity contribution in [2.24, 2.45) is 5.14 Å². The number of carbonyl (C=O) groups excluding carboxylic acids is 1. The van der Waals surface area contributed by atoms with E-state index in [-0.39, 0.29) is 12.5 Å². The Morgan fingerprint density at radius 3 is 2.38 bits per heavy atom. The van der Waals surface area contributed by atoms with Crippen molar-refractivity contribution in [3.8, 4) is 0 Å². The zero-order valence-electron chi connectivity index (χ0n) is 13.2. The minimum atomic E-state index is -3.52. The lowest BCUT2D eigenvalue weighted by molar-refractivity contribution is -0.132. The van der Waals surface area contributed by atoms with E-state index in [1.807, 2.05) is 0 Å². The van der Waals surface area contributed by atoms with Crippen LogP contribution in [-0.2, 0) is 14.8 Å². The van der Waals surface area contributed by atoms with Crippen molar-refractivity contribution in [2.45, 2.75) is 76.4 Å². The largest absolute Gasteiger partial charge is 0.341 e. The summed E-state index contributed by atoms with van der Waals surface area (Å²) < 4.78 is 22.8. The number of piperidine rings is 1. The molecule has 1 fully saturated rings. The van der Waals surface area contributed by atoms with Crippen LogP contribution in [-0.4, -0.2) is 37.6 Å². The molecule has 1 atom stereocenters. The van der Waals surface area contributed by atoms with Crippen molar-refractivity contribution in [3.63, 3.8) is 0 Å². The van der Waals surface area contributed by atoms with Gasteiger partial charge in [0.2, 0.25) is 15.9 Å². The molecular weight excluding hydrogens is 288 g/mol. The summed E-state index contributed by atoms with van der Waals surface area (Å²) in [6.45, 7) is 3.14. The van der Waals surface area contributed by atoms with Crippen molar-refractivity contribution in [3.05, 3.63) is 0 Å². The summed E-state index contributed by atoms with van der Waals surface area (Å²) in [7, 11) is -3.52. The number of unbranched alkanes of at least 4 members (excludes halogenated alkanes) is 6. The van der Waals surface area contributed by atoms with Gasteiger partial charge in [-0.2, -0.15) is 0 Å². The second-order valence-corrected chi connectivity index (χ2v) is 7.91. The molecule has 1 rings (SSSR count). The molecule has 2 N–H and O–H groups in total. The van der Waals surface area contributed by atoms with Crippen LogP contribution in [0.5, 0.6) is 0 Å². The van der Waals surface area contributed by atoms with Crippen molar-refractivity contribution >= 4 is 15.9 Å². The van der Waals surface area contributed by atoms with E-state index in [9.17, 15) is 13.2 Å². The number of amides is 1. The second-order valence-electron chi connectivity index (χ2n) is 6.06. The Balaban J connectivity index is 2.20.